The minimum atomic E-state index is -3.01. The number of primary amides is 1. The molecule has 2 fully saturated rings. The molecule has 10 heteroatoms. The van der Waals surface area contributed by atoms with Crippen molar-refractivity contribution >= 4 is 34.6 Å². The van der Waals surface area contributed by atoms with Gasteiger partial charge in [0, 0.05) is 5.92 Å². The molecule has 5 N–H and O–H groups in total. The number of benzene rings is 1. The number of fused-ring (bicyclic) bond motifs is 3. The van der Waals surface area contributed by atoms with E-state index in [2.05, 4.69) is 6.58 Å². The van der Waals surface area contributed by atoms with Crippen molar-refractivity contribution in [2.24, 2.45) is 29.4 Å². The van der Waals surface area contributed by atoms with Crippen molar-refractivity contribution in [3.05, 3.63) is 35.9 Å². The molecule has 10 nitrogen and oxygen atoms in total. The normalized spacial score (nSPS) is 36.6. The van der Waals surface area contributed by atoms with Gasteiger partial charge < -0.3 is 21.1 Å². The van der Waals surface area contributed by atoms with E-state index in [1.807, 2.05) is 0 Å². The highest BCUT2D eigenvalue weighted by atomic mass is 16.3. The number of aliphatic hydroxyl groups is 2. The number of aromatic hydroxyl groups is 1. The number of aliphatic hydroxyl groups excluding tert-OH is 1. The molecule has 0 aliphatic heterocycles. The Bertz CT molecular complexity index is 1120. The maximum atomic E-state index is 13.6. The molecule has 0 heterocycles. The van der Waals surface area contributed by atoms with Crippen LogP contribution in [0.1, 0.15) is 15.9 Å². The number of nitrogens with two attached hydrogens (primary N) is 1. The van der Waals surface area contributed by atoms with Crippen molar-refractivity contribution in [2.45, 2.75) is 17.7 Å². The van der Waals surface area contributed by atoms with Crippen LogP contribution in [0.4, 0.5) is 0 Å². The first-order chi connectivity index (χ1) is 14.9. The fourth-order valence-electron chi connectivity index (χ4n) is 5.57. The van der Waals surface area contributed by atoms with Crippen LogP contribution in [0.25, 0.3) is 5.57 Å². The van der Waals surface area contributed by atoms with Crippen LogP contribution in [0.3, 0.4) is 0 Å². The first-order valence-electron chi connectivity index (χ1n) is 9.91. The second-order valence-corrected chi connectivity index (χ2v) is 8.75. The molecule has 5 unspecified atom stereocenters. The Morgan fingerprint density at radius 2 is 1.78 bits per heavy atom. The van der Waals surface area contributed by atoms with Crippen LogP contribution in [-0.4, -0.2) is 81.1 Å². The summed E-state index contributed by atoms with van der Waals surface area (Å²) in [6.45, 7) is 3.90. The zero-order chi connectivity index (χ0) is 23.9. The van der Waals surface area contributed by atoms with Crippen LogP contribution in [-0.2, 0) is 19.2 Å². The molecule has 0 spiro atoms. The molecule has 0 aromatic heterocycles. The number of likely N-dealkylation sites (N-methyl/N-ethyl adjacent to an activating group) is 1. The number of hydrogen-bond acceptors (Lipinski definition) is 9. The van der Waals surface area contributed by atoms with Gasteiger partial charge in [0.2, 0.25) is 5.91 Å². The standard InChI is InChI=1S/C22H22N2O8/c1-7-8-5-4-6-9(25)11(8)16(26)12-10(7)17(27)14-15(24(2)3)18(28)13(21(23)31)20(30)22(14,32)19(12)29/h4-6,10,12-15,17,25,27,32H,1H2,2-3H3,(H2,23,31)/t10?,12?,13?,14?,15-,17?,22-/m1/s1. The van der Waals surface area contributed by atoms with Crippen LogP contribution >= 0.6 is 0 Å². The third kappa shape index (κ3) is 2.48. The number of phenols is 1. The lowest BCUT2D eigenvalue weighted by Crippen LogP contribution is -2.77. The van der Waals surface area contributed by atoms with Crippen molar-refractivity contribution in [1.82, 2.24) is 4.90 Å². The summed E-state index contributed by atoms with van der Waals surface area (Å²) in [5.41, 5.74) is 2.38. The van der Waals surface area contributed by atoms with E-state index in [1.54, 1.807) is 0 Å². The van der Waals surface area contributed by atoms with Crippen LogP contribution in [0.2, 0.25) is 0 Å². The average molecular weight is 442 g/mol. The fourth-order valence-corrected chi connectivity index (χ4v) is 5.57. The van der Waals surface area contributed by atoms with Crippen molar-refractivity contribution in [3.63, 3.8) is 0 Å². The third-order valence-corrected chi connectivity index (χ3v) is 6.95. The highest BCUT2D eigenvalue weighted by Gasteiger charge is 2.72. The van der Waals surface area contributed by atoms with Gasteiger partial charge in [-0.15, -0.1) is 0 Å². The monoisotopic (exact) mass is 442 g/mol. The van der Waals surface area contributed by atoms with Crippen molar-refractivity contribution in [3.8, 4) is 5.75 Å². The molecule has 2 saturated carbocycles. The smallest absolute Gasteiger partial charge is 0.235 e. The highest BCUT2D eigenvalue weighted by molar-refractivity contribution is 6.33. The maximum absolute atomic E-state index is 13.6. The second kappa shape index (κ2) is 6.89. The summed E-state index contributed by atoms with van der Waals surface area (Å²) >= 11 is 0. The average Bonchev–Trinajstić information content (AvgIpc) is 2.70. The van der Waals surface area contributed by atoms with E-state index < -0.39 is 76.2 Å². The van der Waals surface area contributed by atoms with Gasteiger partial charge in [-0.2, -0.15) is 0 Å². The van der Waals surface area contributed by atoms with Gasteiger partial charge in [0.05, 0.1) is 29.5 Å². The summed E-state index contributed by atoms with van der Waals surface area (Å²) in [7, 11) is 2.85. The number of Topliss-reactive ketones (excluding diaryl/α,β-unsaturated/α-hetero) is 4. The van der Waals surface area contributed by atoms with E-state index in [0.29, 0.717) is 0 Å². The molecule has 0 bridgehead atoms. The summed E-state index contributed by atoms with van der Waals surface area (Å²) < 4.78 is 0. The molecule has 1 aromatic carbocycles. The van der Waals surface area contributed by atoms with E-state index in [4.69, 9.17) is 5.73 Å². The zero-order valence-electron chi connectivity index (χ0n) is 17.3. The van der Waals surface area contributed by atoms with Crippen LogP contribution in [0.5, 0.6) is 5.75 Å². The predicted octanol–water partition coefficient (Wildman–Crippen LogP) is -1.69. The van der Waals surface area contributed by atoms with Crippen molar-refractivity contribution in [2.75, 3.05) is 14.1 Å². The number of rotatable bonds is 2. The molecular formula is C22H22N2O8. The highest BCUT2D eigenvalue weighted by Crippen LogP contribution is 2.53. The number of amides is 1. The molecule has 4 rings (SSSR count). The first kappa shape index (κ1) is 22.0. The third-order valence-electron chi connectivity index (χ3n) is 6.95. The van der Waals surface area contributed by atoms with Gasteiger partial charge in [-0.25, -0.2) is 0 Å². The minimum absolute atomic E-state index is 0.151. The molecule has 0 saturated heterocycles. The predicted molar refractivity (Wildman–Crippen MR) is 108 cm³/mol. The molecule has 3 aliphatic rings. The van der Waals surface area contributed by atoms with Gasteiger partial charge in [-0.05, 0) is 31.3 Å². The number of nitrogens with zero attached hydrogens (tertiary/aromatic N) is 1. The van der Waals surface area contributed by atoms with Crippen molar-refractivity contribution in [1.29, 1.82) is 0 Å². The van der Waals surface area contributed by atoms with Gasteiger partial charge in [-0.3, -0.25) is 28.9 Å². The molecule has 168 valence electrons. The number of hydrogen-bond donors (Lipinski definition) is 4. The van der Waals surface area contributed by atoms with E-state index in [-0.39, 0.29) is 16.7 Å². The summed E-state index contributed by atoms with van der Waals surface area (Å²) in [5.74, 6) is -13.1. The molecular weight excluding hydrogens is 420 g/mol. The summed E-state index contributed by atoms with van der Waals surface area (Å²) in [5, 5.41) is 33.0. The Kier molecular flexibility index (Phi) is 4.74. The van der Waals surface area contributed by atoms with Gasteiger partial charge in [0.25, 0.3) is 0 Å². The van der Waals surface area contributed by atoms with Crippen LogP contribution in [0.15, 0.2) is 24.8 Å². The second-order valence-electron chi connectivity index (χ2n) is 8.75. The molecule has 0 radical (unpaired) electrons. The Labute approximate surface area is 182 Å². The lowest BCUT2D eigenvalue weighted by molar-refractivity contribution is -0.192. The topological polar surface area (TPSA) is 175 Å². The van der Waals surface area contributed by atoms with Gasteiger partial charge >= 0.3 is 0 Å². The van der Waals surface area contributed by atoms with Crippen LogP contribution < -0.4 is 5.73 Å². The number of ketones is 4. The quantitative estimate of drug-likeness (QED) is 0.389. The SMILES string of the molecule is C=C1c2cccc(O)c2C(=O)C2C(=O)[C@@]3(O)C(=O)C(C(N)=O)C(=O)[C@H](N(C)C)C3C(O)C12. The fraction of sp³-hybridized carbons (Fsp3) is 0.409. The van der Waals surface area contributed by atoms with Crippen molar-refractivity contribution < 1.29 is 39.3 Å². The first-order valence-corrected chi connectivity index (χ1v) is 9.91. The zero-order valence-corrected chi connectivity index (χ0v) is 17.3. The molecule has 7 atom stereocenters. The lowest BCUT2D eigenvalue weighted by atomic mass is 9.50. The lowest BCUT2D eigenvalue weighted by Gasteiger charge is -2.55. The molecule has 32 heavy (non-hydrogen) atoms. The molecule has 1 amide bonds. The van der Waals surface area contributed by atoms with E-state index >= 15 is 0 Å². The van der Waals surface area contributed by atoms with E-state index in [9.17, 15) is 39.3 Å². The number of carbonyl (C=O) groups excluding carboxylic acids is 5. The van der Waals surface area contributed by atoms with E-state index in [0.717, 1.165) is 0 Å². The Morgan fingerprint density at radius 3 is 2.34 bits per heavy atom. The Hall–Kier alpha value is -3.21. The van der Waals surface area contributed by atoms with Gasteiger partial charge in [-0.1, -0.05) is 18.7 Å². The molecule has 1 aromatic rings. The maximum Gasteiger partial charge on any atom is 0.235 e. The summed E-state index contributed by atoms with van der Waals surface area (Å²) in [4.78, 5) is 66.2. The summed E-state index contributed by atoms with van der Waals surface area (Å²) in [6, 6.07) is 2.78. The van der Waals surface area contributed by atoms with Gasteiger partial charge in [0.1, 0.15) is 5.75 Å². The summed E-state index contributed by atoms with van der Waals surface area (Å²) in [6.07, 6.45) is -1.72. The number of phenolic OH excluding ortho intramolecular Hbond substituents is 1. The van der Waals surface area contributed by atoms with Crippen LogP contribution in [0, 0.1) is 23.7 Å². The van der Waals surface area contributed by atoms with E-state index in [1.165, 1.54) is 37.2 Å². The minimum Gasteiger partial charge on any atom is -0.507 e. The van der Waals surface area contributed by atoms with Gasteiger partial charge in [0.15, 0.2) is 34.7 Å². The Morgan fingerprint density at radius 1 is 1.16 bits per heavy atom. The Balaban J connectivity index is 1.97. The number of carbonyl (C=O) groups is 5. The largest absolute Gasteiger partial charge is 0.507 e. The molecule has 3 aliphatic carbocycles.